The summed E-state index contributed by atoms with van der Waals surface area (Å²) in [6.07, 6.45) is 1.37. The highest BCUT2D eigenvalue weighted by Gasteiger charge is 2.30. The van der Waals surface area contributed by atoms with E-state index in [4.69, 9.17) is 16.3 Å². The summed E-state index contributed by atoms with van der Waals surface area (Å²) in [5.74, 6) is -0.549. The Labute approximate surface area is 153 Å². The molecule has 1 atom stereocenters. The Bertz CT molecular complexity index is 982. The molecule has 1 aliphatic rings. The summed E-state index contributed by atoms with van der Waals surface area (Å²) in [6.45, 7) is 3.54. The Kier molecular flexibility index (Phi) is 4.94. The third-order valence-electron chi connectivity index (χ3n) is 3.98. The predicted octanol–water partition coefficient (Wildman–Crippen LogP) is 1.57. The van der Waals surface area contributed by atoms with Crippen molar-refractivity contribution in [3.63, 3.8) is 0 Å². The van der Waals surface area contributed by atoms with Crippen LogP contribution in [0.25, 0.3) is 10.9 Å². The smallest absolute Gasteiger partial charge is 0.337 e. The van der Waals surface area contributed by atoms with Gasteiger partial charge in [-0.25, -0.2) is 14.6 Å². The number of rotatable bonds is 4. The van der Waals surface area contributed by atoms with Gasteiger partial charge in [-0.2, -0.15) is 0 Å². The van der Waals surface area contributed by atoms with Crippen molar-refractivity contribution >= 4 is 34.5 Å². The molecule has 2 N–H and O–H groups in total. The molecule has 2 amide bonds. The molecule has 2 aromatic rings. The fourth-order valence-corrected chi connectivity index (χ4v) is 2.99. The van der Waals surface area contributed by atoms with E-state index in [1.807, 2.05) is 0 Å². The lowest BCUT2D eigenvalue weighted by atomic mass is 10.0. The predicted molar refractivity (Wildman–Crippen MR) is 95.8 cm³/mol. The van der Waals surface area contributed by atoms with Gasteiger partial charge in [0.1, 0.15) is 0 Å². The number of esters is 1. The zero-order chi connectivity index (χ0) is 18.8. The molecule has 0 bridgehead atoms. The zero-order valence-electron chi connectivity index (χ0n) is 14.2. The third-order valence-corrected chi connectivity index (χ3v) is 4.22. The summed E-state index contributed by atoms with van der Waals surface area (Å²) >= 11 is 5.96. The molecule has 3 rings (SSSR count). The number of ether oxygens (including phenoxy) is 1. The molecular formula is C17H17ClN4O4. The number of carbonyl (C=O) groups is 2. The number of hydrogen-bond acceptors (Lipinski definition) is 5. The summed E-state index contributed by atoms with van der Waals surface area (Å²) in [6, 6.07) is 3.84. The van der Waals surface area contributed by atoms with Crippen molar-refractivity contribution in [3.8, 4) is 0 Å². The number of nitrogens with one attached hydrogen (secondary N) is 2. The Hall–Kier alpha value is -2.87. The van der Waals surface area contributed by atoms with E-state index in [2.05, 4.69) is 15.6 Å². The van der Waals surface area contributed by atoms with Crippen molar-refractivity contribution in [1.29, 1.82) is 0 Å². The van der Waals surface area contributed by atoms with Gasteiger partial charge in [0, 0.05) is 5.02 Å². The standard InChI is InChI=1S/C17H17ClN4O4/c1-3-26-16(24)14-9(2)20-17(25)21-13(14)7-22-8-19-12-5-4-10(18)6-11(12)15(22)23/h4-6,8-9H,3,7H2,1-2H3,(H2,20,21,25). The van der Waals surface area contributed by atoms with Crippen LogP contribution in [0.1, 0.15) is 13.8 Å². The molecule has 8 nitrogen and oxygen atoms in total. The number of carbonyl (C=O) groups excluding carboxylic acids is 2. The van der Waals surface area contributed by atoms with Gasteiger partial charge in [-0.1, -0.05) is 11.6 Å². The SMILES string of the molecule is CCOC(=O)C1=C(Cn2cnc3ccc(Cl)cc3c2=O)NC(=O)NC1C. The van der Waals surface area contributed by atoms with Crippen molar-refractivity contribution in [2.75, 3.05) is 6.61 Å². The van der Waals surface area contributed by atoms with Gasteiger partial charge in [0.2, 0.25) is 0 Å². The fourth-order valence-electron chi connectivity index (χ4n) is 2.82. The van der Waals surface area contributed by atoms with Gasteiger partial charge in [-0.3, -0.25) is 9.36 Å². The molecule has 9 heteroatoms. The number of aromatic nitrogens is 2. The highest BCUT2D eigenvalue weighted by molar-refractivity contribution is 6.31. The molecule has 1 aromatic carbocycles. The molecule has 0 spiro atoms. The van der Waals surface area contributed by atoms with Crippen LogP contribution in [0.4, 0.5) is 4.79 Å². The lowest BCUT2D eigenvalue weighted by Crippen LogP contribution is -2.50. The molecule has 0 saturated carbocycles. The minimum absolute atomic E-state index is 0.0276. The number of nitrogens with zero attached hydrogens (tertiary/aromatic N) is 2. The normalized spacial score (nSPS) is 17.0. The maximum Gasteiger partial charge on any atom is 0.337 e. The second-order valence-corrected chi connectivity index (χ2v) is 6.21. The van der Waals surface area contributed by atoms with E-state index >= 15 is 0 Å². The number of hydrogen-bond donors (Lipinski definition) is 2. The minimum atomic E-state index is -0.549. The number of urea groups is 1. The largest absolute Gasteiger partial charge is 0.463 e. The van der Waals surface area contributed by atoms with E-state index < -0.39 is 18.0 Å². The summed E-state index contributed by atoms with van der Waals surface area (Å²) < 4.78 is 6.37. The van der Waals surface area contributed by atoms with Crippen molar-refractivity contribution in [2.24, 2.45) is 0 Å². The first kappa shape index (κ1) is 17.9. The minimum Gasteiger partial charge on any atom is -0.463 e. The van der Waals surface area contributed by atoms with Crippen LogP contribution < -0.4 is 16.2 Å². The van der Waals surface area contributed by atoms with Crippen LogP contribution in [-0.4, -0.2) is 34.2 Å². The summed E-state index contributed by atoms with van der Waals surface area (Å²) in [4.78, 5) is 41.0. The number of halogens is 1. The Morgan fingerprint density at radius 1 is 1.38 bits per heavy atom. The molecular weight excluding hydrogens is 360 g/mol. The van der Waals surface area contributed by atoms with Gasteiger partial charge in [0.25, 0.3) is 5.56 Å². The van der Waals surface area contributed by atoms with E-state index in [-0.39, 0.29) is 24.3 Å². The quantitative estimate of drug-likeness (QED) is 0.788. The van der Waals surface area contributed by atoms with Crippen LogP contribution in [0, 0.1) is 0 Å². The molecule has 0 radical (unpaired) electrons. The van der Waals surface area contributed by atoms with E-state index in [1.54, 1.807) is 26.0 Å². The van der Waals surface area contributed by atoms with E-state index in [9.17, 15) is 14.4 Å². The highest BCUT2D eigenvalue weighted by Crippen LogP contribution is 2.17. The number of allylic oxidation sites excluding steroid dienone is 1. The average molecular weight is 377 g/mol. The number of fused-ring (bicyclic) bond motifs is 1. The first-order valence-electron chi connectivity index (χ1n) is 8.03. The molecule has 0 saturated heterocycles. The van der Waals surface area contributed by atoms with E-state index in [0.29, 0.717) is 21.6 Å². The first-order chi connectivity index (χ1) is 12.4. The molecule has 0 fully saturated rings. The Morgan fingerprint density at radius 3 is 2.88 bits per heavy atom. The van der Waals surface area contributed by atoms with Gasteiger partial charge in [-0.05, 0) is 32.0 Å². The van der Waals surface area contributed by atoms with Gasteiger partial charge in [-0.15, -0.1) is 0 Å². The van der Waals surface area contributed by atoms with Gasteiger partial charge < -0.3 is 15.4 Å². The van der Waals surface area contributed by atoms with Crippen LogP contribution in [0.3, 0.4) is 0 Å². The number of benzene rings is 1. The van der Waals surface area contributed by atoms with Crippen LogP contribution in [0.2, 0.25) is 5.02 Å². The zero-order valence-corrected chi connectivity index (χ0v) is 15.0. The third kappa shape index (κ3) is 3.41. The highest BCUT2D eigenvalue weighted by atomic mass is 35.5. The molecule has 1 aliphatic heterocycles. The topological polar surface area (TPSA) is 102 Å². The molecule has 26 heavy (non-hydrogen) atoms. The molecule has 136 valence electrons. The summed E-state index contributed by atoms with van der Waals surface area (Å²) in [7, 11) is 0. The second kappa shape index (κ2) is 7.17. The van der Waals surface area contributed by atoms with Crippen molar-refractivity contribution < 1.29 is 14.3 Å². The summed E-state index contributed by atoms with van der Waals surface area (Å²) in [5.41, 5.74) is 0.751. The van der Waals surface area contributed by atoms with Crippen molar-refractivity contribution in [1.82, 2.24) is 20.2 Å². The van der Waals surface area contributed by atoms with Gasteiger partial charge in [0.15, 0.2) is 0 Å². The Morgan fingerprint density at radius 2 is 2.15 bits per heavy atom. The maximum absolute atomic E-state index is 12.7. The van der Waals surface area contributed by atoms with Crippen LogP contribution >= 0.6 is 11.6 Å². The molecule has 2 heterocycles. The van der Waals surface area contributed by atoms with Gasteiger partial charge in [0.05, 0.1) is 47.7 Å². The molecule has 0 aliphatic carbocycles. The van der Waals surface area contributed by atoms with E-state index in [1.165, 1.54) is 17.0 Å². The fraction of sp³-hybridized carbons (Fsp3) is 0.294. The number of amides is 2. The monoisotopic (exact) mass is 376 g/mol. The lowest BCUT2D eigenvalue weighted by Gasteiger charge is -2.26. The van der Waals surface area contributed by atoms with Crippen LogP contribution in [0.5, 0.6) is 0 Å². The summed E-state index contributed by atoms with van der Waals surface area (Å²) in [5, 5.41) is 5.97. The van der Waals surface area contributed by atoms with E-state index in [0.717, 1.165) is 0 Å². The molecule has 1 unspecified atom stereocenters. The van der Waals surface area contributed by atoms with Crippen LogP contribution in [0.15, 0.2) is 40.6 Å². The van der Waals surface area contributed by atoms with Gasteiger partial charge >= 0.3 is 12.0 Å². The lowest BCUT2D eigenvalue weighted by molar-refractivity contribution is -0.139. The molecule has 1 aromatic heterocycles. The van der Waals surface area contributed by atoms with Crippen molar-refractivity contribution in [3.05, 3.63) is 51.2 Å². The average Bonchev–Trinajstić information content (AvgIpc) is 2.57. The first-order valence-corrected chi connectivity index (χ1v) is 8.41. The second-order valence-electron chi connectivity index (χ2n) is 5.77. The van der Waals surface area contributed by atoms with Crippen molar-refractivity contribution in [2.45, 2.75) is 26.4 Å². The Balaban J connectivity index is 2.07. The maximum atomic E-state index is 12.7. The van der Waals surface area contributed by atoms with Crippen LogP contribution in [-0.2, 0) is 16.1 Å².